The predicted molar refractivity (Wildman–Crippen MR) is 76.8 cm³/mol. The van der Waals surface area contributed by atoms with Crippen LogP contribution in [0.3, 0.4) is 0 Å². The minimum atomic E-state index is 0.478. The predicted octanol–water partition coefficient (Wildman–Crippen LogP) is 2.79. The van der Waals surface area contributed by atoms with Crippen molar-refractivity contribution in [2.24, 2.45) is 5.92 Å². The smallest absolute Gasteiger partial charge is 0.151 e. The summed E-state index contributed by atoms with van der Waals surface area (Å²) in [5.74, 6) is 1.90. The van der Waals surface area contributed by atoms with Gasteiger partial charge in [-0.3, -0.25) is 4.90 Å². The molecule has 19 heavy (non-hydrogen) atoms. The van der Waals surface area contributed by atoms with E-state index < -0.39 is 0 Å². The SMILES string of the molecule is CCN(Cc1cc(CNC(C)C)no1)CC1CCC1. The van der Waals surface area contributed by atoms with E-state index in [1.807, 2.05) is 0 Å². The largest absolute Gasteiger partial charge is 0.360 e. The van der Waals surface area contributed by atoms with Crippen molar-refractivity contribution in [3.05, 3.63) is 17.5 Å². The summed E-state index contributed by atoms with van der Waals surface area (Å²) in [6.45, 7) is 10.5. The van der Waals surface area contributed by atoms with Crippen molar-refractivity contribution in [2.75, 3.05) is 13.1 Å². The standard InChI is InChI=1S/C15H27N3O/c1-4-18(10-13-6-5-7-13)11-15-8-14(17-19-15)9-16-12(2)3/h8,12-13,16H,4-7,9-11H2,1-3H3. The summed E-state index contributed by atoms with van der Waals surface area (Å²) in [7, 11) is 0. The maximum Gasteiger partial charge on any atom is 0.151 e. The number of aromatic nitrogens is 1. The van der Waals surface area contributed by atoms with Crippen LogP contribution in [0.5, 0.6) is 0 Å². The molecule has 1 aliphatic rings. The molecule has 4 nitrogen and oxygen atoms in total. The van der Waals surface area contributed by atoms with Crippen LogP contribution in [0.1, 0.15) is 51.5 Å². The zero-order valence-corrected chi connectivity index (χ0v) is 12.5. The highest BCUT2D eigenvalue weighted by Crippen LogP contribution is 2.27. The molecule has 0 radical (unpaired) electrons. The molecule has 1 aromatic heterocycles. The van der Waals surface area contributed by atoms with E-state index >= 15 is 0 Å². The van der Waals surface area contributed by atoms with Crippen LogP contribution >= 0.6 is 0 Å². The molecule has 4 heteroatoms. The van der Waals surface area contributed by atoms with Crippen LogP contribution in [-0.4, -0.2) is 29.2 Å². The summed E-state index contributed by atoms with van der Waals surface area (Å²) in [6, 6.07) is 2.56. The van der Waals surface area contributed by atoms with Gasteiger partial charge >= 0.3 is 0 Å². The lowest BCUT2D eigenvalue weighted by molar-refractivity contribution is 0.164. The van der Waals surface area contributed by atoms with Crippen LogP contribution in [0.25, 0.3) is 0 Å². The lowest BCUT2D eigenvalue weighted by Gasteiger charge is -2.31. The van der Waals surface area contributed by atoms with Crippen molar-refractivity contribution in [1.29, 1.82) is 0 Å². The van der Waals surface area contributed by atoms with Crippen molar-refractivity contribution in [3.8, 4) is 0 Å². The second-order valence-electron chi connectivity index (χ2n) is 5.94. The van der Waals surface area contributed by atoms with Gasteiger partial charge in [0.25, 0.3) is 0 Å². The molecule has 0 unspecified atom stereocenters. The quantitative estimate of drug-likeness (QED) is 0.785. The lowest BCUT2D eigenvalue weighted by Crippen LogP contribution is -2.31. The third kappa shape index (κ3) is 4.62. The molecular weight excluding hydrogens is 238 g/mol. The Morgan fingerprint density at radius 3 is 2.84 bits per heavy atom. The van der Waals surface area contributed by atoms with Gasteiger partial charge in [0.2, 0.25) is 0 Å². The monoisotopic (exact) mass is 265 g/mol. The summed E-state index contributed by atoms with van der Waals surface area (Å²) in [4.78, 5) is 2.46. The zero-order valence-electron chi connectivity index (χ0n) is 12.5. The maximum absolute atomic E-state index is 5.43. The van der Waals surface area contributed by atoms with Gasteiger partial charge in [0.05, 0.1) is 12.2 Å². The summed E-state index contributed by atoms with van der Waals surface area (Å²) < 4.78 is 5.43. The van der Waals surface area contributed by atoms with Crippen LogP contribution in [0, 0.1) is 5.92 Å². The Balaban J connectivity index is 1.79. The average Bonchev–Trinajstić information content (AvgIpc) is 2.77. The summed E-state index contributed by atoms with van der Waals surface area (Å²) >= 11 is 0. The number of hydrogen-bond acceptors (Lipinski definition) is 4. The number of rotatable bonds is 8. The molecule has 1 heterocycles. The molecule has 1 saturated carbocycles. The van der Waals surface area contributed by atoms with Gasteiger partial charge in [0, 0.05) is 25.2 Å². The van der Waals surface area contributed by atoms with Gasteiger partial charge in [0.15, 0.2) is 5.76 Å². The van der Waals surface area contributed by atoms with Crippen molar-refractivity contribution in [3.63, 3.8) is 0 Å². The summed E-state index contributed by atoms with van der Waals surface area (Å²) in [5.41, 5.74) is 1.00. The second-order valence-corrected chi connectivity index (χ2v) is 5.94. The van der Waals surface area contributed by atoms with Crippen LogP contribution in [0.15, 0.2) is 10.6 Å². The van der Waals surface area contributed by atoms with E-state index in [0.29, 0.717) is 6.04 Å². The fourth-order valence-electron chi connectivity index (χ4n) is 2.39. The van der Waals surface area contributed by atoms with E-state index in [2.05, 4.69) is 42.2 Å². The molecule has 1 aliphatic carbocycles. The van der Waals surface area contributed by atoms with Crippen LogP contribution in [0.2, 0.25) is 0 Å². The molecule has 108 valence electrons. The Labute approximate surface area is 116 Å². The molecule has 0 aromatic carbocycles. The molecule has 0 saturated heterocycles. The molecule has 0 amide bonds. The van der Waals surface area contributed by atoms with Gasteiger partial charge in [0.1, 0.15) is 0 Å². The van der Waals surface area contributed by atoms with E-state index in [9.17, 15) is 0 Å². The van der Waals surface area contributed by atoms with E-state index in [1.54, 1.807) is 0 Å². The first-order chi connectivity index (χ1) is 9.17. The summed E-state index contributed by atoms with van der Waals surface area (Å²) in [5, 5.41) is 7.48. The lowest BCUT2D eigenvalue weighted by atomic mass is 9.85. The average molecular weight is 265 g/mol. The molecule has 0 bridgehead atoms. The topological polar surface area (TPSA) is 41.3 Å². The molecule has 1 fully saturated rings. The molecule has 1 N–H and O–H groups in total. The van der Waals surface area contributed by atoms with Gasteiger partial charge in [-0.2, -0.15) is 0 Å². The van der Waals surface area contributed by atoms with Gasteiger partial charge in [-0.05, 0) is 25.3 Å². The Hall–Kier alpha value is -0.870. The Kier molecular flexibility index (Phi) is 5.40. The third-order valence-electron chi connectivity index (χ3n) is 3.87. The first kappa shape index (κ1) is 14.5. The van der Waals surface area contributed by atoms with Crippen LogP contribution in [0.4, 0.5) is 0 Å². The van der Waals surface area contributed by atoms with E-state index in [4.69, 9.17) is 4.52 Å². The number of nitrogens with zero attached hydrogens (tertiary/aromatic N) is 2. The Morgan fingerprint density at radius 1 is 1.47 bits per heavy atom. The van der Waals surface area contributed by atoms with Crippen molar-refractivity contribution < 1.29 is 4.52 Å². The minimum absolute atomic E-state index is 0.478. The highest BCUT2D eigenvalue weighted by atomic mass is 16.5. The molecule has 1 aromatic rings. The van der Waals surface area contributed by atoms with Crippen molar-refractivity contribution >= 4 is 0 Å². The second kappa shape index (κ2) is 7.06. The van der Waals surface area contributed by atoms with E-state index in [-0.39, 0.29) is 0 Å². The van der Waals surface area contributed by atoms with Gasteiger partial charge < -0.3 is 9.84 Å². The normalized spacial score (nSPS) is 16.3. The van der Waals surface area contributed by atoms with Gasteiger partial charge in [-0.25, -0.2) is 0 Å². The molecule has 0 spiro atoms. The van der Waals surface area contributed by atoms with Crippen LogP contribution in [-0.2, 0) is 13.1 Å². The highest BCUT2D eigenvalue weighted by Gasteiger charge is 2.20. The molecule has 2 rings (SSSR count). The van der Waals surface area contributed by atoms with Crippen molar-refractivity contribution in [1.82, 2.24) is 15.4 Å². The fourth-order valence-corrected chi connectivity index (χ4v) is 2.39. The fraction of sp³-hybridized carbons (Fsp3) is 0.800. The Bertz CT molecular complexity index is 371. The van der Waals surface area contributed by atoms with Gasteiger partial charge in [-0.15, -0.1) is 0 Å². The van der Waals surface area contributed by atoms with Crippen molar-refractivity contribution in [2.45, 2.75) is 59.2 Å². The summed E-state index contributed by atoms with van der Waals surface area (Å²) in [6.07, 6.45) is 4.21. The van der Waals surface area contributed by atoms with Crippen LogP contribution < -0.4 is 5.32 Å². The maximum atomic E-state index is 5.43. The molecule has 0 atom stereocenters. The minimum Gasteiger partial charge on any atom is -0.360 e. The molecular formula is C15H27N3O. The van der Waals surface area contributed by atoms with Gasteiger partial charge in [-0.1, -0.05) is 32.3 Å². The zero-order chi connectivity index (χ0) is 13.7. The van der Waals surface area contributed by atoms with E-state index in [0.717, 1.165) is 37.0 Å². The third-order valence-corrected chi connectivity index (χ3v) is 3.87. The highest BCUT2D eigenvalue weighted by molar-refractivity contribution is 5.05. The number of nitrogens with one attached hydrogen (secondary N) is 1. The Morgan fingerprint density at radius 2 is 2.26 bits per heavy atom. The number of hydrogen-bond donors (Lipinski definition) is 1. The first-order valence-corrected chi connectivity index (χ1v) is 7.57. The molecule has 0 aliphatic heterocycles. The van der Waals surface area contributed by atoms with E-state index in [1.165, 1.54) is 25.8 Å². The first-order valence-electron chi connectivity index (χ1n) is 7.57.